The second-order valence-corrected chi connectivity index (χ2v) is 5.84. The van der Waals surface area contributed by atoms with Crippen LogP contribution in [-0.4, -0.2) is 37.2 Å². The smallest absolute Gasteiger partial charge is 0.209 e. The monoisotopic (exact) mass is 256 g/mol. The van der Waals surface area contributed by atoms with Gasteiger partial charge in [0.25, 0.3) is 0 Å². The first-order valence-corrected chi connectivity index (χ1v) is 7.25. The van der Waals surface area contributed by atoms with Crippen LogP contribution in [0.2, 0.25) is 0 Å². The molecule has 6 heteroatoms. The Labute approximate surface area is 106 Å². The summed E-state index contributed by atoms with van der Waals surface area (Å²) in [6.45, 7) is 2.85. The lowest BCUT2D eigenvalue weighted by molar-refractivity contribution is 0.262. The highest BCUT2D eigenvalue weighted by atomic mass is 32.2. The maximum Gasteiger partial charge on any atom is 0.209 e. The Morgan fingerprint density at radius 3 is 2.76 bits per heavy atom. The molecule has 1 aromatic rings. The summed E-state index contributed by atoms with van der Waals surface area (Å²) in [5.74, 6) is 0.917. The van der Waals surface area contributed by atoms with E-state index in [0.29, 0.717) is 11.8 Å². The standard InChI is InChI=1S/C11H20N4OS/c1-2-9-3-5-10(6-4-9)17-11-12-13-14-15(11)7-8-16/h9-10,16H,2-8H2,1H3. The zero-order valence-corrected chi connectivity index (χ0v) is 11.1. The summed E-state index contributed by atoms with van der Waals surface area (Å²) in [6.07, 6.45) is 6.48. The number of rotatable bonds is 5. The number of aliphatic hydroxyl groups excluding tert-OH is 1. The fraction of sp³-hybridized carbons (Fsp3) is 0.909. The SMILES string of the molecule is CCC1CCC(Sc2nnnn2CCO)CC1. The Hall–Kier alpha value is -0.620. The molecule has 96 valence electrons. The minimum absolute atomic E-state index is 0.0845. The van der Waals surface area contributed by atoms with Gasteiger partial charge >= 0.3 is 0 Å². The second-order valence-electron chi connectivity index (χ2n) is 4.58. The van der Waals surface area contributed by atoms with Crippen LogP contribution in [0.1, 0.15) is 39.0 Å². The van der Waals surface area contributed by atoms with Crippen molar-refractivity contribution in [3.05, 3.63) is 0 Å². The Morgan fingerprint density at radius 2 is 2.12 bits per heavy atom. The van der Waals surface area contributed by atoms with Crippen molar-refractivity contribution >= 4 is 11.8 Å². The molecule has 1 N–H and O–H groups in total. The summed E-state index contributed by atoms with van der Waals surface area (Å²) < 4.78 is 1.69. The van der Waals surface area contributed by atoms with Crippen LogP contribution in [0.15, 0.2) is 5.16 Å². The first-order valence-electron chi connectivity index (χ1n) is 6.37. The molecule has 1 fully saturated rings. The lowest BCUT2D eigenvalue weighted by Gasteiger charge is -2.26. The van der Waals surface area contributed by atoms with Gasteiger partial charge in [-0.15, -0.1) is 5.10 Å². The second kappa shape index (κ2) is 6.35. The van der Waals surface area contributed by atoms with Crippen LogP contribution in [0.25, 0.3) is 0 Å². The van der Waals surface area contributed by atoms with Crippen LogP contribution in [0.5, 0.6) is 0 Å². The number of nitrogens with zero attached hydrogens (tertiary/aromatic N) is 4. The maximum atomic E-state index is 8.91. The van der Waals surface area contributed by atoms with Crippen molar-refractivity contribution in [1.29, 1.82) is 0 Å². The highest BCUT2D eigenvalue weighted by Crippen LogP contribution is 2.35. The van der Waals surface area contributed by atoms with Crippen molar-refractivity contribution in [2.24, 2.45) is 5.92 Å². The van der Waals surface area contributed by atoms with E-state index in [0.717, 1.165) is 11.1 Å². The molecule has 0 bridgehead atoms. The zero-order valence-electron chi connectivity index (χ0n) is 10.2. The fourth-order valence-electron chi connectivity index (χ4n) is 2.32. The van der Waals surface area contributed by atoms with Gasteiger partial charge in [-0.25, -0.2) is 4.68 Å². The Balaban J connectivity index is 1.86. The van der Waals surface area contributed by atoms with Crippen molar-refractivity contribution < 1.29 is 5.11 Å². The third kappa shape index (κ3) is 3.42. The summed E-state index contributed by atoms with van der Waals surface area (Å²) in [4.78, 5) is 0. The minimum Gasteiger partial charge on any atom is -0.394 e. The molecule has 0 radical (unpaired) electrons. The molecule has 17 heavy (non-hydrogen) atoms. The number of hydrogen-bond donors (Lipinski definition) is 1. The van der Waals surface area contributed by atoms with Gasteiger partial charge in [0.05, 0.1) is 13.2 Å². The Bertz CT molecular complexity index is 336. The largest absolute Gasteiger partial charge is 0.394 e. The normalized spacial score (nSPS) is 25.1. The van der Waals surface area contributed by atoms with Gasteiger partial charge in [-0.2, -0.15) is 0 Å². The van der Waals surface area contributed by atoms with Crippen molar-refractivity contribution in [2.45, 2.75) is 56.0 Å². The van der Waals surface area contributed by atoms with E-state index in [2.05, 4.69) is 22.4 Å². The van der Waals surface area contributed by atoms with E-state index < -0.39 is 0 Å². The van der Waals surface area contributed by atoms with Gasteiger partial charge in [-0.05, 0) is 42.0 Å². The molecule has 1 heterocycles. The maximum absolute atomic E-state index is 8.91. The van der Waals surface area contributed by atoms with Gasteiger partial charge in [0.1, 0.15) is 0 Å². The number of thioether (sulfide) groups is 1. The van der Waals surface area contributed by atoms with Crippen LogP contribution in [0, 0.1) is 5.92 Å². The molecular weight excluding hydrogens is 236 g/mol. The molecule has 5 nitrogen and oxygen atoms in total. The molecule has 0 unspecified atom stereocenters. The number of hydrogen-bond acceptors (Lipinski definition) is 5. The van der Waals surface area contributed by atoms with Gasteiger partial charge < -0.3 is 5.11 Å². The average molecular weight is 256 g/mol. The van der Waals surface area contributed by atoms with E-state index in [1.807, 2.05) is 0 Å². The molecule has 1 aliphatic carbocycles. The molecule has 0 spiro atoms. The van der Waals surface area contributed by atoms with Crippen molar-refractivity contribution in [1.82, 2.24) is 20.2 Å². The third-order valence-corrected chi connectivity index (χ3v) is 4.76. The summed E-state index contributed by atoms with van der Waals surface area (Å²) in [5, 5.41) is 22.0. The molecule has 0 atom stereocenters. The summed E-state index contributed by atoms with van der Waals surface area (Å²) >= 11 is 1.77. The minimum atomic E-state index is 0.0845. The first kappa shape index (κ1) is 12.8. The van der Waals surface area contributed by atoms with Gasteiger partial charge in [-0.3, -0.25) is 0 Å². The quantitative estimate of drug-likeness (QED) is 0.869. The van der Waals surface area contributed by atoms with Gasteiger partial charge in [0.2, 0.25) is 5.16 Å². The highest BCUT2D eigenvalue weighted by molar-refractivity contribution is 7.99. The van der Waals surface area contributed by atoms with E-state index >= 15 is 0 Å². The number of aliphatic hydroxyl groups is 1. The third-order valence-electron chi connectivity index (χ3n) is 3.45. The van der Waals surface area contributed by atoms with Crippen LogP contribution in [-0.2, 0) is 6.54 Å². The van der Waals surface area contributed by atoms with E-state index in [1.165, 1.54) is 32.1 Å². The molecular formula is C11H20N4OS. The number of tetrazole rings is 1. The Kier molecular flexibility index (Phi) is 4.79. The predicted molar refractivity (Wildman–Crippen MR) is 66.8 cm³/mol. The average Bonchev–Trinajstić information content (AvgIpc) is 2.78. The van der Waals surface area contributed by atoms with Crippen LogP contribution < -0.4 is 0 Å². The first-order chi connectivity index (χ1) is 8.33. The summed E-state index contributed by atoms with van der Waals surface area (Å²) in [7, 11) is 0. The van der Waals surface area contributed by atoms with Gasteiger partial charge in [0.15, 0.2) is 0 Å². The molecule has 1 aromatic heterocycles. The van der Waals surface area contributed by atoms with Crippen molar-refractivity contribution in [3.63, 3.8) is 0 Å². The molecule has 0 saturated heterocycles. The molecule has 0 amide bonds. The summed E-state index contributed by atoms with van der Waals surface area (Å²) in [5.41, 5.74) is 0. The lowest BCUT2D eigenvalue weighted by Crippen LogP contribution is -2.16. The van der Waals surface area contributed by atoms with Crippen molar-refractivity contribution in [2.75, 3.05) is 6.61 Å². The highest BCUT2D eigenvalue weighted by Gasteiger charge is 2.22. The van der Waals surface area contributed by atoms with E-state index in [4.69, 9.17) is 5.11 Å². The van der Waals surface area contributed by atoms with Crippen LogP contribution in [0.3, 0.4) is 0 Å². The lowest BCUT2D eigenvalue weighted by atomic mass is 9.87. The Morgan fingerprint density at radius 1 is 1.35 bits per heavy atom. The van der Waals surface area contributed by atoms with Crippen LogP contribution in [0.4, 0.5) is 0 Å². The number of aromatic nitrogens is 4. The molecule has 1 saturated carbocycles. The van der Waals surface area contributed by atoms with E-state index in [1.54, 1.807) is 16.4 Å². The fourth-order valence-corrected chi connectivity index (χ4v) is 3.46. The molecule has 0 aliphatic heterocycles. The van der Waals surface area contributed by atoms with Crippen molar-refractivity contribution in [3.8, 4) is 0 Å². The zero-order chi connectivity index (χ0) is 12.1. The van der Waals surface area contributed by atoms with E-state index in [-0.39, 0.29) is 6.61 Å². The van der Waals surface area contributed by atoms with Gasteiger partial charge in [0, 0.05) is 5.25 Å². The van der Waals surface area contributed by atoms with Gasteiger partial charge in [-0.1, -0.05) is 25.1 Å². The van der Waals surface area contributed by atoms with Crippen LogP contribution >= 0.6 is 11.8 Å². The predicted octanol–water partition coefficient (Wildman–Crippen LogP) is 1.73. The molecule has 1 aliphatic rings. The van der Waals surface area contributed by atoms with E-state index in [9.17, 15) is 0 Å². The topological polar surface area (TPSA) is 63.8 Å². The molecule has 0 aromatic carbocycles. The molecule has 2 rings (SSSR count). The summed E-state index contributed by atoms with van der Waals surface area (Å²) in [6, 6.07) is 0.